The predicted octanol–water partition coefficient (Wildman–Crippen LogP) is 5.12. The van der Waals surface area contributed by atoms with Gasteiger partial charge in [-0.05, 0) is 31.5 Å². The number of methoxy groups -OCH3 is 2. The van der Waals surface area contributed by atoms with E-state index in [4.69, 9.17) is 21.1 Å². The summed E-state index contributed by atoms with van der Waals surface area (Å²) in [6.07, 6.45) is 0. The highest BCUT2D eigenvalue weighted by molar-refractivity contribution is 6.31. The zero-order valence-electron chi connectivity index (χ0n) is 16.3. The third-order valence-electron chi connectivity index (χ3n) is 4.23. The topological polar surface area (TPSA) is 68.3 Å². The molecular weight excluding hydrogens is 376 g/mol. The molecule has 0 aliphatic heterocycles. The maximum absolute atomic E-state index is 6.19. The fraction of sp³-hybridized carbons (Fsp3) is 0.238. The summed E-state index contributed by atoms with van der Waals surface area (Å²) in [4.78, 5) is 8.93. The van der Waals surface area contributed by atoms with Crippen LogP contribution in [0, 0.1) is 13.8 Å². The second-order valence-electron chi connectivity index (χ2n) is 6.28. The molecule has 0 fully saturated rings. The summed E-state index contributed by atoms with van der Waals surface area (Å²) >= 11 is 6.19. The van der Waals surface area contributed by atoms with E-state index in [1.807, 2.05) is 50.2 Å². The Morgan fingerprint density at radius 2 is 1.64 bits per heavy atom. The van der Waals surface area contributed by atoms with Crippen LogP contribution in [-0.4, -0.2) is 24.2 Å². The van der Waals surface area contributed by atoms with Crippen molar-refractivity contribution < 1.29 is 9.47 Å². The fourth-order valence-electron chi connectivity index (χ4n) is 2.82. The van der Waals surface area contributed by atoms with Crippen molar-refractivity contribution in [2.45, 2.75) is 20.4 Å². The Morgan fingerprint density at radius 3 is 2.39 bits per heavy atom. The molecule has 0 aliphatic rings. The van der Waals surface area contributed by atoms with Gasteiger partial charge in [-0.15, -0.1) is 0 Å². The molecule has 0 amide bonds. The summed E-state index contributed by atoms with van der Waals surface area (Å²) in [7, 11) is 3.27. The number of benzene rings is 2. The van der Waals surface area contributed by atoms with E-state index in [2.05, 4.69) is 20.6 Å². The van der Waals surface area contributed by atoms with Crippen LogP contribution in [0.15, 0.2) is 42.5 Å². The number of nitrogens with zero attached hydrogens (tertiary/aromatic N) is 2. The van der Waals surface area contributed by atoms with E-state index in [0.717, 1.165) is 22.6 Å². The minimum absolute atomic E-state index is 0.587. The molecule has 0 radical (unpaired) electrons. The normalized spacial score (nSPS) is 10.5. The Hall–Kier alpha value is -2.99. The first-order chi connectivity index (χ1) is 13.5. The first-order valence-corrected chi connectivity index (χ1v) is 9.20. The maximum Gasteiger partial charge on any atom is 0.143 e. The van der Waals surface area contributed by atoms with Gasteiger partial charge in [0.1, 0.15) is 29.0 Å². The molecule has 6 nitrogen and oxygen atoms in total. The number of aromatic nitrogens is 2. The zero-order valence-corrected chi connectivity index (χ0v) is 17.1. The van der Waals surface area contributed by atoms with E-state index in [1.165, 1.54) is 0 Å². The standard InChI is InChI=1S/C21H23ClN4O2/c1-13-9-17(19(28-4)10-16(13)22)26-21-11-20(24-14(2)25-21)23-12-15-7-5-6-8-18(15)27-3/h5-11H,12H2,1-4H3,(H2,23,24,25,26). The number of hydrogen-bond donors (Lipinski definition) is 2. The number of halogens is 1. The van der Waals surface area contributed by atoms with E-state index in [0.29, 0.717) is 34.8 Å². The number of rotatable bonds is 7. The van der Waals surface area contributed by atoms with Gasteiger partial charge >= 0.3 is 0 Å². The molecule has 2 N–H and O–H groups in total. The largest absolute Gasteiger partial charge is 0.496 e. The lowest BCUT2D eigenvalue weighted by molar-refractivity contribution is 0.410. The predicted molar refractivity (Wildman–Crippen MR) is 113 cm³/mol. The summed E-state index contributed by atoms with van der Waals surface area (Å²) in [6, 6.07) is 13.4. The van der Waals surface area contributed by atoms with E-state index in [9.17, 15) is 0 Å². The molecule has 3 aromatic rings. The van der Waals surface area contributed by atoms with Gasteiger partial charge in [0.05, 0.1) is 19.9 Å². The Labute approximate surface area is 169 Å². The van der Waals surface area contributed by atoms with E-state index >= 15 is 0 Å². The van der Waals surface area contributed by atoms with Gasteiger partial charge < -0.3 is 20.1 Å². The van der Waals surface area contributed by atoms with Gasteiger partial charge in [0.15, 0.2) is 0 Å². The summed E-state index contributed by atoms with van der Waals surface area (Å²) in [6.45, 7) is 4.38. The van der Waals surface area contributed by atoms with Crippen LogP contribution in [0.1, 0.15) is 17.0 Å². The van der Waals surface area contributed by atoms with Gasteiger partial charge in [-0.3, -0.25) is 0 Å². The second-order valence-corrected chi connectivity index (χ2v) is 6.68. The highest BCUT2D eigenvalue weighted by Gasteiger charge is 2.10. The van der Waals surface area contributed by atoms with Crippen LogP contribution in [-0.2, 0) is 6.54 Å². The van der Waals surface area contributed by atoms with Crippen molar-refractivity contribution in [1.29, 1.82) is 0 Å². The molecule has 7 heteroatoms. The molecule has 0 saturated heterocycles. The van der Waals surface area contributed by atoms with E-state index in [-0.39, 0.29) is 0 Å². The Balaban J connectivity index is 1.81. The maximum atomic E-state index is 6.19. The first kappa shape index (κ1) is 19.8. The molecule has 3 rings (SSSR count). The lowest BCUT2D eigenvalue weighted by Gasteiger charge is -2.14. The minimum atomic E-state index is 0.587. The van der Waals surface area contributed by atoms with Gasteiger partial charge in [-0.1, -0.05) is 29.8 Å². The van der Waals surface area contributed by atoms with Gasteiger partial charge in [-0.2, -0.15) is 0 Å². The monoisotopic (exact) mass is 398 g/mol. The number of anilines is 3. The van der Waals surface area contributed by atoms with Crippen LogP contribution in [0.2, 0.25) is 5.02 Å². The number of ether oxygens (including phenoxy) is 2. The van der Waals surface area contributed by atoms with Crippen LogP contribution in [0.4, 0.5) is 17.3 Å². The molecule has 0 bridgehead atoms. The molecule has 2 aromatic carbocycles. The molecule has 1 heterocycles. The number of nitrogens with one attached hydrogen (secondary N) is 2. The zero-order chi connectivity index (χ0) is 20.1. The van der Waals surface area contributed by atoms with Gasteiger partial charge in [0, 0.05) is 29.3 Å². The van der Waals surface area contributed by atoms with Crippen molar-refractivity contribution in [3.05, 3.63) is 64.4 Å². The summed E-state index contributed by atoms with van der Waals surface area (Å²) < 4.78 is 10.8. The van der Waals surface area contributed by atoms with Crippen LogP contribution >= 0.6 is 11.6 Å². The summed E-state index contributed by atoms with van der Waals surface area (Å²) in [5.74, 6) is 3.51. The van der Waals surface area contributed by atoms with Crippen molar-refractivity contribution >= 4 is 28.9 Å². The Kier molecular flexibility index (Phi) is 6.21. The number of para-hydroxylation sites is 1. The average molecular weight is 399 g/mol. The highest BCUT2D eigenvalue weighted by atomic mass is 35.5. The van der Waals surface area contributed by atoms with Crippen molar-refractivity contribution in [2.24, 2.45) is 0 Å². The quantitative estimate of drug-likeness (QED) is 0.575. The van der Waals surface area contributed by atoms with Crippen molar-refractivity contribution in [1.82, 2.24) is 9.97 Å². The number of hydrogen-bond acceptors (Lipinski definition) is 6. The minimum Gasteiger partial charge on any atom is -0.496 e. The fourth-order valence-corrected chi connectivity index (χ4v) is 2.98. The SMILES string of the molecule is COc1ccccc1CNc1cc(Nc2cc(C)c(Cl)cc2OC)nc(C)n1. The first-order valence-electron chi connectivity index (χ1n) is 8.82. The van der Waals surface area contributed by atoms with E-state index in [1.54, 1.807) is 20.3 Å². The lowest BCUT2D eigenvalue weighted by Crippen LogP contribution is -2.06. The van der Waals surface area contributed by atoms with Crippen LogP contribution in [0.5, 0.6) is 11.5 Å². The molecule has 0 aliphatic carbocycles. The van der Waals surface area contributed by atoms with Gasteiger partial charge in [0.2, 0.25) is 0 Å². The summed E-state index contributed by atoms with van der Waals surface area (Å²) in [5.41, 5.74) is 2.79. The Bertz CT molecular complexity index is 979. The van der Waals surface area contributed by atoms with Gasteiger partial charge in [-0.25, -0.2) is 9.97 Å². The third kappa shape index (κ3) is 4.64. The van der Waals surface area contributed by atoms with Crippen LogP contribution in [0.25, 0.3) is 0 Å². The molecule has 0 spiro atoms. The third-order valence-corrected chi connectivity index (χ3v) is 4.64. The molecule has 0 atom stereocenters. The number of aryl methyl sites for hydroxylation is 2. The smallest absolute Gasteiger partial charge is 0.143 e. The molecule has 146 valence electrons. The second kappa shape index (κ2) is 8.80. The lowest BCUT2D eigenvalue weighted by atomic mass is 10.2. The molecular formula is C21H23ClN4O2. The Morgan fingerprint density at radius 1 is 0.929 bits per heavy atom. The van der Waals surface area contributed by atoms with Crippen molar-refractivity contribution in [3.8, 4) is 11.5 Å². The highest BCUT2D eigenvalue weighted by Crippen LogP contribution is 2.33. The molecule has 0 saturated carbocycles. The average Bonchev–Trinajstić information content (AvgIpc) is 2.68. The molecule has 0 unspecified atom stereocenters. The van der Waals surface area contributed by atoms with Gasteiger partial charge in [0.25, 0.3) is 0 Å². The van der Waals surface area contributed by atoms with Crippen LogP contribution in [0.3, 0.4) is 0 Å². The van der Waals surface area contributed by atoms with Crippen molar-refractivity contribution in [2.75, 3.05) is 24.9 Å². The van der Waals surface area contributed by atoms with Crippen molar-refractivity contribution in [3.63, 3.8) is 0 Å². The summed E-state index contributed by atoms with van der Waals surface area (Å²) in [5, 5.41) is 7.28. The van der Waals surface area contributed by atoms with E-state index < -0.39 is 0 Å². The molecule has 1 aromatic heterocycles. The molecule has 28 heavy (non-hydrogen) atoms. The van der Waals surface area contributed by atoms with Crippen LogP contribution < -0.4 is 20.1 Å².